The Labute approximate surface area is 110 Å². The van der Waals surface area contributed by atoms with Gasteiger partial charge in [0.05, 0.1) is 5.56 Å². The Morgan fingerprint density at radius 1 is 1.39 bits per heavy atom. The number of hydrogen-bond acceptors (Lipinski definition) is 3. The number of rotatable bonds is 7. The average Bonchev–Trinajstić information content (AvgIpc) is 2.38. The van der Waals surface area contributed by atoms with E-state index in [2.05, 4.69) is 19.2 Å². The molecule has 0 aromatic heterocycles. The van der Waals surface area contributed by atoms with Crippen LogP contribution in [0.25, 0.3) is 0 Å². The van der Waals surface area contributed by atoms with Gasteiger partial charge in [0.2, 0.25) is 0 Å². The van der Waals surface area contributed by atoms with Crippen LogP contribution in [0.2, 0.25) is 0 Å². The lowest BCUT2D eigenvalue weighted by Crippen LogP contribution is -2.34. The number of aryl methyl sites for hydroxylation is 1. The summed E-state index contributed by atoms with van der Waals surface area (Å²) in [7, 11) is 0. The van der Waals surface area contributed by atoms with Gasteiger partial charge in [0.25, 0.3) is 0 Å². The van der Waals surface area contributed by atoms with Crippen molar-refractivity contribution in [2.75, 3.05) is 13.2 Å². The van der Waals surface area contributed by atoms with Gasteiger partial charge in [-0.3, -0.25) is 0 Å². The normalized spacial score (nSPS) is 12.2. The van der Waals surface area contributed by atoms with E-state index in [0.29, 0.717) is 12.2 Å². The Morgan fingerprint density at radius 2 is 2.17 bits per heavy atom. The second-order valence-corrected chi connectivity index (χ2v) is 4.53. The number of hydrogen-bond donors (Lipinski definition) is 1. The molecule has 1 rings (SSSR count). The zero-order valence-electron chi connectivity index (χ0n) is 11.5. The van der Waals surface area contributed by atoms with E-state index in [1.807, 2.05) is 25.1 Å². The standard InChI is InChI=1S/C15H23NO2/c1-4-9-16-14(5-2)11-18-15(17)13-8-6-7-12(3)10-13/h6-8,10,14,16H,4-5,9,11H2,1-3H3. The van der Waals surface area contributed by atoms with E-state index in [1.54, 1.807) is 6.07 Å². The Morgan fingerprint density at radius 3 is 2.78 bits per heavy atom. The summed E-state index contributed by atoms with van der Waals surface area (Å²) in [5.74, 6) is -0.240. The highest BCUT2D eigenvalue weighted by Gasteiger charge is 2.11. The van der Waals surface area contributed by atoms with E-state index >= 15 is 0 Å². The average molecular weight is 249 g/mol. The summed E-state index contributed by atoms with van der Waals surface area (Å²) in [5, 5.41) is 3.36. The topological polar surface area (TPSA) is 38.3 Å². The summed E-state index contributed by atoms with van der Waals surface area (Å²) in [6.07, 6.45) is 2.05. The summed E-state index contributed by atoms with van der Waals surface area (Å²) in [6.45, 7) is 7.57. The predicted molar refractivity (Wildman–Crippen MR) is 73.8 cm³/mol. The molecular weight excluding hydrogens is 226 g/mol. The number of nitrogens with one attached hydrogen (secondary N) is 1. The molecule has 1 N–H and O–H groups in total. The number of carbonyl (C=O) groups is 1. The summed E-state index contributed by atoms with van der Waals surface area (Å²) in [4.78, 5) is 11.8. The van der Waals surface area contributed by atoms with Gasteiger partial charge in [0.1, 0.15) is 6.61 Å². The first-order valence-electron chi connectivity index (χ1n) is 6.64. The van der Waals surface area contributed by atoms with Gasteiger partial charge in [-0.1, -0.05) is 31.5 Å². The van der Waals surface area contributed by atoms with E-state index in [4.69, 9.17) is 4.74 Å². The third-order valence-corrected chi connectivity index (χ3v) is 2.85. The first-order chi connectivity index (χ1) is 8.67. The van der Waals surface area contributed by atoms with Crippen LogP contribution < -0.4 is 5.32 Å². The third kappa shape index (κ3) is 4.88. The number of ether oxygens (including phenoxy) is 1. The highest BCUT2D eigenvalue weighted by Crippen LogP contribution is 2.06. The van der Waals surface area contributed by atoms with Gasteiger partial charge in [-0.2, -0.15) is 0 Å². The molecule has 3 heteroatoms. The molecule has 3 nitrogen and oxygen atoms in total. The van der Waals surface area contributed by atoms with Gasteiger partial charge in [-0.05, 0) is 38.4 Å². The minimum absolute atomic E-state index is 0.240. The molecule has 0 saturated heterocycles. The summed E-state index contributed by atoms with van der Waals surface area (Å²) >= 11 is 0. The molecule has 1 aromatic carbocycles. The summed E-state index contributed by atoms with van der Waals surface area (Å²) in [6, 6.07) is 7.73. The van der Waals surface area contributed by atoms with Gasteiger partial charge in [0, 0.05) is 6.04 Å². The largest absolute Gasteiger partial charge is 0.460 e. The fraction of sp³-hybridized carbons (Fsp3) is 0.533. The predicted octanol–water partition coefficient (Wildman–Crippen LogP) is 2.93. The maximum Gasteiger partial charge on any atom is 0.338 e. The van der Waals surface area contributed by atoms with Crippen LogP contribution in [0.3, 0.4) is 0 Å². The molecule has 0 fully saturated rings. The molecule has 100 valence electrons. The maximum atomic E-state index is 11.8. The van der Waals surface area contributed by atoms with Crippen LogP contribution in [-0.2, 0) is 4.74 Å². The van der Waals surface area contributed by atoms with E-state index in [1.165, 1.54) is 0 Å². The van der Waals surface area contributed by atoms with Crippen LogP contribution in [-0.4, -0.2) is 25.2 Å². The maximum absolute atomic E-state index is 11.8. The van der Waals surface area contributed by atoms with Crippen LogP contribution >= 0.6 is 0 Å². The van der Waals surface area contributed by atoms with Crippen LogP contribution in [0.15, 0.2) is 24.3 Å². The van der Waals surface area contributed by atoms with Crippen molar-refractivity contribution in [2.45, 2.75) is 39.7 Å². The molecule has 0 saturated carbocycles. The molecule has 0 amide bonds. The monoisotopic (exact) mass is 249 g/mol. The molecule has 0 radical (unpaired) electrons. The van der Waals surface area contributed by atoms with Crippen molar-refractivity contribution in [1.29, 1.82) is 0 Å². The zero-order chi connectivity index (χ0) is 13.4. The van der Waals surface area contributed by atoms with E-state index in [-0.39, 0.29) is 12.0 Å². The Kier molecular flexibility index (Phi) is 6.44. The lowest BCUT2D eigenvalue weighted by molar-refractivity contribution is 0.0463. The van der Waals surface area contributed by atoms with Crippen LogP contribution in [0.4, 0.5) is 0 Å². The molecule has 1 unspecified atom stereocenters. The van der Waals surface area contributed by atoms with Crippen LogP contribution in [0.1, 0.15) is 42.6 Å². The molecule has 0 spiro atoms. The van der Waals surface area contributed by atoms with Gasteiger partial charge in [0.15, 0.2) is 0 Å². The lowest BCUT2D eigenvalue weighted by Gasteiger charge is -2.16. The Balaban J connectivity index is 2.44. The van der Waals surface area contributed by atoms with Crippen molar-refractivity contribution < 1.29 is 9.53 Å². The molecule has 0 bridgehead atoms. The van der Waals surface area contributed by atoms with Gasteiger partial charge < -0.3 is 10.1 Å². The highest BCUT2D eigenvalue weighted by molar-refractivity contribution is 5.89. The number of benzene rings is 1. The van der Waals surface area contributed by atoms with E-state index in [9.17, 15) is 4.79 Å². The first kappa shape index (κ1) is 14.7. The molecule has 0 aliphatic rings. The molecule has 18 heavy (non-hydrogen) atoms. The highest BCUT2D eigenvalue weighted by atomic mass is 16.5. The van der Waals surface area contributed by atoms with Crippen molar-refractivity contribution >= 4 is 5.97 Å². The SMILES string of the molecule is CCCNC(CC)COC(=O)c1cccc(C)c1. The molecular formula is C15H23NO2. The molecule has 0 heterocycles. The van der Waals surface area contributed by atoms with E-state index < -0.39 is 0 Å². The zero-order valence-corrected chi connectivity index (χ0v) is 11.5. The smallest absolute Gasteiger partial charge is 0.338 e. The Hall–Kier alpha value is -1.35. The molecule has 1 atom stereocenters. The van der Waals surface area contributed by atoms with Gasteiger partial charge >= 0.3 is 5.97 Å². The van der Waals surface area contributed by atoms with Crippen LogP contribution in [0, 0.1) is 6.92 Å². The summed E-state index contributed by atoms with van der Waals surface area (Å²) < 4.78 is 5.33. The third-order valence-electron chi connectivity index (χ3n) is 2.85. The van der Waals surface area contributed by atoms with E-state index in [0.717, 1.165) is 24.9 Å². The summed E-state index contributed by atoms with van der Waals surface area (Å²) in [5.41, 5.74) is 1.70. The molecule has 0 aliphatic heterocycles. The number of carbonyl (C=O) groups excluding carboxylic acids is 1. The lowest BCUT2D eigenvalue weighted by atomic mass is 10.1. The second kappa shape index (κ2) is 7.88. The fourth-order valence-corrected chi connectivity index (χ4v) is 1.70. The van der Waals surface area contributed by atoms with Crippen molar-refractivity contribution in [3.8, 4) is 0 Å². The minimum Gasteiger partial charge on any atom is -0.460 e. The second-order valence-electron chi connectivity index (χ2n) is 4.53. The van der Waals surface area contributed by atoms with Crippen molar-refractivity contribution in [1.82, 2.24) is 5.32 Å². The number of esters is 1. The first-order valence-corrected chi connectivity index (χ1v) is 6.64. The quantitative estimate of drug-likeness (QED) is 0.755. The minimum atomic E-state index is -0.240. The van der Waals surface area contributed by atoms with Gasteiger partial charge in [-0.15, -0.1) is 0 Å². The fourth-order valence-electron chi connectivity index (χ4n) is 1.70. The van der Waals surface area contributed by atoms with Gasteiger partial charge in [-0.25, -0.2) is 4.79 Å². The van der Waals surface area contributed by atoms with Crippen molar-refractivity contribution in [3.05, 3.63) is 35.4 Å². The van der Waals surface area contributed by atoms with Crippen molar-refractivity contribution in [2.24, 2.45) is 0 Å². The molecule has 1 aromatic rings. The van der Waals surface area contributed by atoms with Crippen molar-refractivity contribution in [3.63, 3.8) is 0 Å². The Bertz CT molecular complexity index is 377. The van der Waals surface area contributed by atoms with Crippen LogP contribution in [0.5, 0.6) is 0 Å². The molecule has 0 aliphatic carbocycles.